The Morgan fingerprint density at radius 2 is 2.00 bits per heavy atom. The van der Waals surface area contributed by atoms with Crippen LogP contribution in [0.5, 0.6) is 0 Å². The predicted octanol–water partition coefficient (Wildman–Crippen LogP) is 0.847. The van der Waals surface area contributed by atoms with Gasteiger partial charge in [0.2, 0.25) is 0 Å². The molecule has 94 valence electrons. The summed E-state index contributed by atoms with van der Waals surface area (Å²) in [6.07, 6.45) is 2.56. The van der Waals surface area contributed by atoms with Crippen LogP contribution in [0.4, 0.5) is 0 Å². The molecule has 0 radical (unpaired) electrons. The van der Waals surface area contributed by atoms with Gasteiger partial charge >= 0.3 is 0 Å². The summed E-state index contributed by atoms with van der Waals surface area (Å²) < 4.78 is 0. The molecule has 16 heavy (non-hydrogen) atoms. The van der Waals surface area contributed by atoms with Crippen molar-refractivity contribution in [2.24, 2.45) is 5.73 Å². The molecule has 2 fully saturated rings. The summed E-state index contributed by atoms with van der Waals surface area (Å²) in [6, 6.07) is 0.673. The highest BCUT2D eigenvalue weighted by molar-refractivity contribution is 7.99. The van der Waals surface area contributed by atoms with Crippen LogP contribution < -0.4 is 5.73 Å². The van der Waals surface area contributed by atoms with Crippen molar-refractivity contribution in [3.05, 3.63) is 0 Å². The smallest absolute Gasteiger partial charge is 0.0348 e. The number of thioether (sulfide) groups is 1. The first-order chi connectivity index (χ1) is 7.68. The largest absolute Gasteiger partial charge is 0.329 e. The second-order valence-corrected chi connectivity index (χ2v) is 6.54. The standard InChI is InChI=1S/C12H25N3S/c1-11-9-15(6-5-14(11)2)12(10-13)3-7-16-8-4-12/h11H,3-10,13H2,1-2H3. The Labute approximate surface area is 104 Å². The third-order valence-electron chi connectivity index (χ3n) is 4.43. The molecule has 2 saturated heterocycles. The zero-order valence-corrected chi connectivity index (χ0v) is 11.4. The Morgan fingerprint density at radius 1 is 1.31 bits per heavy atom. The van der Waals surface area contributed by atoms with E-state index in [9.17, 15) is 0 Å². The first kappa shape index (κ1) is 12.7. The Hall–Kier alpha value is 0.230. The number of nitrogens with zero attached hydrogens (tertiary/aromatic N) is 2. The fourth-order valence-electron chi connectivity index (χ4n) is 2.88. The molecule has 4 heteroatoms. The Bertz CT molecular complexity index is 228. The molecule has 0 aliphatic carbocycles. The Kier molecular flexibility index (Phi) is 4.16. The summed E-state index contributed by atoms with van der Waals surface area (Å²) in [4.78, 5) is 5.13. The van der Waals surface area contributed by atoms with Crippen LogP contribution in [0.25, 0.3) is 0 Å². The van der Waals surface area contributed by atoms with Crippen molar-refractivity contribution in [1.29, 1.82) is 0 Å². The van der Waals surface area contributed by atoms with E-state index >= 15 is 0 Å². The van der Waals surface area contributed by atoms with Crippen molar-refractivity contribution >= 4 is 11.8 Å². The first-order valence-corrected chi connectivity index (χ1v) is 7.56. The summed E-state index contributed by atoms with van der Waals surface area (Å²) >= 11 is 2.09. The Balaban J connectivity index is 2.03. The van der Waals surface area contributed by atoms with Crippen molar-refractivity contribution in [3.63, 3.8) is 0 Å². The second kappa shape index (κ2) is 5.25. The highest BCUT2D eigenvalue weighted by Gasteiger charge is 2.39. The predicted molar refractivity (Wildman–Crippen MR) is 72.0 cm³/mol. The van der Waals surface area contributed by atoms with Crippen molar-refractivity contribution in [1.82, 2.24) is 9.80 Å². The molecule has 0 aromatic carbocycles. The second-order valence-electron chi connectivity index (χ2n) is 5.32. The van der Waals surface area contributed by atoms with Gasteiger partial charge in [0, 0.05) is 37.8 Å². The minimum absolute atomic E-state index is 0.320. The molecule has 3 nitrogen and oxygen atoms in total. The molecule has 1 unspecified atom stereocenters. The van der Waals surface area contributed by atoms with Gasteiger partial charge < -0.3 is 10.6 Å². The lowest BCUT2D eigenvalue weighted by molar-refractivity contribution is 0.0133. The normalized spacial score (nSPS) is 32.8. The summed E-state index contributed by atoms with van der Waals surface area (Å²) in [5.74, 6) is 2.58. The van der Waals surface area contributed by atoms with Gasteiger partial charge in [0.25, 0.3) is 0 Å². The molecular formula is C12H25N3S. The van der Waals surface area contributed by atoms with E-state index in [1.165, 1.54) is 44.0 Å². The van der Waals surface area contributed by atoms with Gasteiger partial charge in [-0.25, -0.2) is 0 Å². The summed E-state index contributed by atoms with van der Waals surface area (Å²) in [7, 11) is 2.23. The van der Waals surface area contributed by atoms with Crippen LogP contribution in [0.2, 0.25) is 0 Å². The van der Waals surface area contributed by atoms with E-state index in [0.717, 1.165) is 6.54 Å². The van der Waals surface area contributed by atoms with Gasteiger partial charge in [-0.3, -0.25) is 4.90 Å². The molecule has 0 aromatic rings. The van der Waals surface area contributed by atoms with Gasteiger partial charge in [0.1, 0.15) is 0 Å². The molecule has 0 saturated carbocycles. The molecule has 2 rings (SSSR count). The minimum atomic E-state index is 0.320. The van der Waals surface area contributed by atoms with E-state index in [1.54, 1.807) is 0 Å². The quantitative estimate of drug-likeness (QED) is 0.779. The van der Waals surface area contributed by atoms with Gasteiger partial charge in [-0.2, -0.15) is 11.8 Å². The number of hydrogen-bond acceptors (Lipinski definition) is 4. The number of likely N-dealkylation sites (N-methyl/N-ethyl adjacent to an activating group) is 1. The van der Waals surface area contributed by atoms with Crippen molar-refractivity contribution in [2.45, 2.75) is 31.3 Å². The number of rotatable bonds is 2. The van der Waals surface area contributed by atoms with Crippen LogP contribution in [0.15, 0.2) is 0 Å². The molecule has 2 aliphatic rings. The summed E-state index contributed by atoms with van der Waals surface area (Å²) in [5, 5.41) is 0. The van der Waals surface area contributed by atoms with Crippen LogP contribution >= 0.6 is 11.8 Å². The van der Waals surface area contributed by atoms with E-state index in [2.05, 4.69) is 35.5 Å². The highest BCUT2D eigenvalue weighted by atomic mass is 32.2. The van der Waals surface area contributed by atoms with Gasteiger partial charge in [0.15, 0.2) is 0 Å². The van der Waals surface area contributed by atoms with Crippen LogP contribution in [0.1, 0.15) is 19.8 Å². The minimum Gasteiger partial charge on any atom is -0.329 e. The van der Waals surface area contributed by atoms with Gasteiger partial charge in [-0.1, -0.05) is 0 Å². The lowest BCUT2D eigenvalue weighted by atomic mass is 9.88. The van der Waals surface area contributed by atoms with Crippen molar-refractivity contribution in [3.8, 4) is 0 Å². The SMILES string of the molecule is CC1CN(C2(CN)CCSCC2)CCN1C. The zero-order chi connectivity index (χ0) is 11.6. The number of nitrogens with two attached hydrogens (primary N) is 1. The molecule has 1 atom stereocenters. The van der Waals surface area contributed by atoms with Gasteiger partial charge in [0.05, 0.1) is 0 Å². The van der Waals surface area contributed by atoms with E-state index in [-0.39, 0.29) is 0 Å². The molecular weight excluding hydrogens is 218 g/mol. The van der Waals surface area contributed by atoms with E-state index in [4.69, 9.17) is 5.73 Å². The van der Waals surface area contributed by atoms with E-state index in [0.29, 0.717) is 11.6 Å². The molecule has 0 amide bonds. The van der Waals surface area contributed by atoms with Crippen molar-refractivity contribution in [2.75, 3.05) is 44.7 Å². The molecule has 0 bridgehead atoms. The molecule has 0 aromatic heterocycles. The average Bonchev–Trinajstić information content (AvgIpc) is 2.33. The Morgan fingerprint density at radius 3 is 2.56 bits per heavy atom. The fraction of sp³-hybridized carbons (Fsp3) is 1.00. The maximum Gasteiger partial charge on any atom is 0.0348 e. The summed E-state index contributed by atoms with van der Waals surface area (Å²) in [6.45, 7) is 6.75. The molecule has 2 aliphatic heterocycles. The van der Waals surface area contributed by atoms with Crippen molar-refractivity contribution < 1.29 is 0 Å². The fourth-order valence-corrected chi connectivity index (χ4v) is 4.13. The first-order valence-electron chi connectivity index (χ1n) is 6.41. The van der Waals surface area contributed by atoms with E-state index in [1.807, 2.05) is 0 Å². The zero-order valence-electron chi connectivity index (χ0n) is 10.6. The van der Waals surface area contributed by atoms with Crippen LogP contribution in [-0.4, -0.2) is 66.1 Å². The lowest BCUT2D eigenvalue weighted by Gasteiger charge is -2.50. The lowest BCUT2D eigenvalue weighted by Crippen LogP contribution is -2.63. The van der Waals surface area contributed by atoms with Gasteiger partial charge in [-0.15, -0.1) is 0 Å². The third-order valence-corrected chi connectivity index (χ3v) is 5.42. The summed E-state index contributed by atoms with van der Waals surface area (Å²) in [5.41, 5.74) is 6.40. The van der Waals surface area contributed by atoms with Crippen LogP contribution in [-0.2, 0) is 0 Å². The van der Waals surface area contributed by atoms with Gasteiger partial charge in [-0.05, 0) is 38.3 Å². The molecule has 2 N–H and O–H groups in total. The average molecular weight is 243 g/mol. The van der Waals surface area contributed by atoms with Crippen LogP contribution in [0, 0.1) is 0 Å². The maximum absolute atomic E-state index is 6.08. The van der Waals surface area contributed by atoms with E-state index < -0.39 is 0 Å². The van der Waals surface area contributed by atoms with Crippen LogP contribution in [0.3, 0.4) is 0 Å². The molecule has 0 spiro atoms. The topological polar surface area (TPSA) is 32.5 Å². The number of piperazine rings is 1. The maximum atomic E-state index is 6.08. The number of hydrogen-bond donors (Lipinski definition) is 1. The monoisotopic (exact) mass is 243 g/mol. The third kappa shape index (κ3) is 2.40. The molecule has 2 heterocycles. The highest BCUT2D eigenvalue weighted by Crippen LogP contribution is 2.33.